The Morgan fingerprint density at radius 3 is 1.47 bits per heavy atom. The van der Waals surface area contributed by atoms with Crippen LogP contribution < -0.4 is 0 Å². The normalized spacial score (nSPS) is 11.9. The number of hydrogen-bond donors (Lipinski definition) is 0. The van der Waals surface area contributed by atoms with Gasteiger partial charge in [-0.05, 0) is 44.9 Å². The van der Waals surface area contributed by atoms with Crippen molar-refractivity contribution in [3.63, 3.8) is 0 Å². The van der Waals surface area contributed by atoms with E-state index in [1.54, 1.807) is 0 Å². The average molecular weight is 236 g/mol. The third-order valence-corrected chi connectivity index (χ3v) is 3.03. The molecule has 0 aliphatic carbocycles. The summed E-state index contributed by atoms with van der Waals surface area (Å²) < 4.78 is 0. The summed E-state index contributed by atoms with van der Waals surface area (Å²) in [4.78, 5) is 0. The molecule has 0 N–H and O–H groups in total. The second-order valence-electron chi connectivity index (χ2n) is 4.84. The molecule has 0 amide bonds. The van der Waals surface area contributed by atoms with Gasteiger partial charge in [-0.1, -0.05) is 63.8 Å². The van der Waals surface area contributed by atoms with Crippen LogP contribution in [0.3, 0.4) is 0 Å². The molecule has 0 fully saturated rings. The quantitative estimate of drug-likeness (QED) is 0.270. The molecule has 0 aliphatic rings. The maximum atomic E-state index is 2.38. The van der Waals surface area contributed by atoms with Gasteiger partial charge in [-0.2, -0.15) is 0 Å². The Kier molecular flexibility index (Phi) is 15.0. The SMILES string of the molecule is CCC=CCCCCCC=CCCCCCC. The van der Waals surface area contributed by atoms with Crippen molar-refractivity contribution in [3.05, 3.63) is 24.3 Å². The van der Waals surface area contributed by atoms with Gasteiger partial charge in [-0.3, -0.25) is 0 Å². The topological polar surface area (TPSA) is 0 Å². The molecule has 0 saturated heterocycles. The molecule has 0 heteroatoms. The van der Waals surface area contributed by atoms with Crippen molar-refractivity contribution in [1.29, 1.82) is 0 Å². The molecule has 100 valence electrons. The molecule has 17 heavy (non-hydrogen) atoms. The molecule has 0 aromatic carbocycles. The van der Waals surface area contributed by atoms with E-state index in [1.807, 2.05) is 0 Å². The molecule has 0 aromatic heterocycles. The minimum Gasteiger partial charge on any atom is -0.0888 e. The van der Waals surface area contributed by atoms with Crippen molar-refractivity contribution >= 4 is 0 Å². The first-order valence-corrected chi connectivity index (χ1v) is 7.71. The van der Waals surface area contributed by atoms with Crippen LogP contribution in [-0.2, 0) is 0 Å². The standard InChI is InChI=1S/C17H32/c1-3-5-7-9-11-13-15-17-16-14-12-10-8-6-4-2/h5,7,14,16H,3-4,6,8-13,15,17H2,1-2H3. The summed E-state index contributed by atoms with van der Waals surface area (Å²) in [7, 11) is 0. The highest BCUT2D eigenvalue weighted by Gasteiger charge is 1.87. The van der Waals surface area contributed by atoms with E-state index in [1.165, 1.54) is 70.6 Å². The molecular formula is C17H32. The fourth-order valence-corrected chi connectivity index (χ4v) is 1.91. The third-order valence-electron chi connectivity index (χ3n) is 3.03. The molecule has 0 saturated carbocycles. The van der Waals surface area contributed by atoms with Gasteiger partial charge < -0.3 is 0 Å². The maximum absolute atomic E-state index is 2.38. The van der Waals surface area contributed by atoms with Crippen LogP contribution >= 0.6 is 0 Å². The van der Waals surface area contributed by atoms with Crippen molar-refractivity contribution in [3.8, 4) is 0 Å². The Hall–Kier alpha value is -0.520. The molecule has 0 bridgehead atoms. The second kappa shape index (κ2) is 15.5. The van der Waals surface area contributed by atoms with Crippen LogP contribution in [0.25, 0.3) is 0 Å². The summed E-state index contributed by atoms with van der Waals surface area (Å²) in [6.07, 6.45) is 24.0. The molecule has 0 rings (SSSR count). The smallest absolute Gasteiger partial charge is 0.0351 e. The molecule has 0 nitrogen and oxygen atoms in total. The monoisotopic (exact) mass is 236 g/mol. The fraction of sp³-hybridized carbons (Fsp3) is 0.765. The molecule has 0 aliphatic heterocycles. The Balaban J connectivity index is 3.06. The van der Waals surface area contributed by atoms with Crippen molar-refractivity contribution in [1.82, 2.24) is 0 Å². The van der Waals surface area contributed by atoms with Gasteiger partial charge in [-0.15, -0.1) is 0 Å². The summed E-state index contributed by atoms with van der Waals surface area (Å²) in [5, 5.41) is 0. The fourth-order valence-electron chi connectivity index (χ4n) is 1.91. The van der Waals surface area contributed by atoms with Crippen LogP contribution in [0.4, 0.5) is 0 Å². The average Bonchev–Trinajstić information content (AvgIpc) is 2.35. The molecule has 0 aromatic rings. The van der Waals surface area contributed by atoms with Crippen LogP contribution in [0, 0.1) is 0 Å². The summed E-state index contributed by atoms with van der Waals surface area (Å²) in [5.41, 5.74) is 0. The first-order chi connectivity index (χ1) is 8.41. The third kappa shape index (κ3) is 15.5. The van der Waals surface area contributed by atoms with Crippen molar-refractivity contribution in [2.45, 2.75) is 84.5 Å². The van der Waals surface area contributed by atoms with Gasteiger partial charge in [0.15, 0.2) is 0 Å². The van der Waals surface area contributed by atoms with E-state index in [2.05, 4.69) is 38.2 Å². The number of rotatable bonds is 12. The van der Waals surface area contributed by atoms with Crippen molar-refractivity contribution < 1.29 is 0 Å². The van der Waals surface area contributed by atoms with Crippen molar-refractivity contribution in [2.75, 3.05) is 0 Å². The van der Waals surface area contributed by atoms with Crippen LogP contribution in [0.15, 0.2) is 24.3 Å². The maximum Gasteiger partial charge on any atom is -0.0351 e. The lowest BCUT2D eigenvalue weighted by atomic mass is 10.1. The van der Waals surface area contributed by atoms with Crippen LogP contribution in [0.5, 0.6) is 0 Å². The highest BCUT2D eigenvalue weighted by Crippen LogP contribution is 2.06. The Morgan fingerprint density at radius 2 is 1.00 bits per heavy atom. The largest absolute Gasteiger partial charge is 0.0888 e. The Bertz CT molecular complexity index is 176. The Labute approximate surface area is 109 Å². The van der Waals surface area contributed by atoms with E-state index in [4.69, 9.17) is 0 Å². The van der Waals surface area contributed by atoms with E-state index in [9.17, 15) is 0 Å². The lowest BCUT2D eigenvalue weighted by molar-refractivity contribution is 0.670. The minimum atomic E-state index is 1.18. The molecule has 0 unspecified atom stereocenters. The van der Waals surface area contributed by atoms with Gasteiger partial charge in [0.25, 0.3) is 0 Å². The lowest BCUT2D eigenvalue weighted by Gasteiger charge is -1.96. The predicted octanol–water partition coefficient (Wildman–Crippen LogP) is 6.43. The molecule has 0 heterocycles. The molecule has 0 spiro atoms. The summed E-state index contributed by atoms with van der Waals surface area (Å²) in [6.45, 7) is 4.47. The number of unbranched alkanes of at least 4 members (excludes halogenated alkanes) is 8. The van der Waals surface area contributed by atoms with Crippen molar-refractivity contribution in [2.24, 2.45) is 0 Å². The predicted molar refractivity (Wildman–Crippen MR) is 80.4 cm³/mol. The zero-order chi connectivity index (χ0) is 12.6. The van der Waals surface area contributed by atoms with Crippen LogP contribution in [0.1, 0.15) is 84.5 Å². The summed E-state index contributed by atoms with van der Waals surface area (Å²) in [6, 6.07) is 0. The van der Waals surface area contributed by atoms with Gasteiger partial charge in [0, 0.05) is 0 Å². The van der Waals surface area contributed by atoms with Crippen LogP contribution in [-0.4, -0.2) is 0 Å². The first kappa shape index (κ1) is 16.5. The number of hydrogen-bond acceptors (Lipinski definition) is 0. The molecular weight excluding hydrogens is 204 g/mol. The van der Waals surface area contributed by atoms with E-state index in [-0.39, 0.29) is 0 Å². The highest BCUT2D eigenvalue weighted by molar-refractivity contribution is 4.82. The Morgan fingerprint density at radius 1 is 0.529 bits per heavy atom. The number of allylic oxidation sites excluding steroid dienone is 4. The van der Waals surface area contributed by atoms with Gasteiger partial charge >= 0.3 is 0 Å². The lowest BCUT2D eigenvalue weighted by Crippen LogP contribution is -1.76. The highest BCUT2D eigenvalue weighted by atomic mass is 13.9. The summed E-state index contributed by atoms with van der Waals surface area (Å²) in [5.74, 6) is 0. The van der Waals surface area contributed by atoms with Gasteiger partial charge in [-0.25, -0.2) is 0 Å². The van der Waals surface area contributed by atoms with Gasteiger partial charge in [0.2, 0.25) is 0 Å². The van der Waals surface area contributed by atoms with Gasteiger partial charge in [0.1, 0.15) is 0 Å². The van der Waals surface area contributed by atoms with Crippen LogP contribution in [0.2, 0.25) is 0 Å². The van der Waals surface area contributed by atoms with E-state index >= 15 is 0 Å². The zero-order valence-corrected chi connectivity index (χ0v) is 12.1. The first-order valence-electron chi connectivity index (χ1n) is 7.71. The zero-order valence-electron chi connectivity index (χ0n) is 12.1. The summed E-state index contributed by atoms with van der Waals surface area (Å²) >= 11 is 0. The molecule has 0 atom stereocenters. The van der Waals surface area contributed by atoms with Gasteiger partial charge in [0.05, 0.1) is 0 Å². The molecule has 0 radical (unpaired) electrons. The minimum absolute atomic E-state index is 1.18. The van der Waals surface area contributed by atoms with E-state index < -0.39 is 0 Å². The second-order valence-corrected chi connectivity index (χ2v) is 4.84. The van der Waals surface area contributed by atoms with E-state index in [0.717, 1.165) is 0 Å². The van der Waals surface area contributed by atoms with E-state index in [0.29, 0.717) is 0 Å².